The summed E-state index contributed by atoms with van der Waals surface area (Å²) in [5.41, 5.74) is 0. The first-order valence-electron chi connectivity index (χ1n) is 1.73. The summed E-state index contributed by atoms with van der Waals surface area (Å²) >= 11 is 0. The summed E-state index contributed by atoms with van der Waals surface area (Å²) in [5, 5.41) is 0. The number of ether oxygens (including phenoxy) is 1. The molecule has 0 radical (unpaired) electrons. The van der Waals surface area contributed by atoms with E-state index in [9.17, 15) is 9.59 Å². The Kier molecular flexibility index (Phi) is 12.2. The van der Waals surface area contributed by atoms with E-state index in [0.29, 0.717) is 0 Å². The molecule has 0 aliphatic carbocycles. The maximum atomic E-state index is 9.92. The van der Waals surface area contributed by atoms with Crippen LogP contribution in [0.5, 0.6) is 0 Å². The molecule has 0 saturated carbocycles. The van der Waals surface area contributed by atoms with Crippen molar-refractivity contribution in [3.8, 4) is 0 Å². The van der Waals surface area contributed by atoms with Crippen molar-refractivity contribution in [3.63, 3.8) is 0 Å². The molecule has 1 aliphatic rings. The second kappa shape index (κ2) is 7.33. The Morgan fingerprint density at radius 1 is 1.00 bits per heavy atom. The molecule has 0 spiro atoms. The fraction of sp³-hybridized carbons (Fsp3) is 0. The van der Waals surface area contributed by atoms with Gasteiger partial charge in [-0.25, -0.2) is 9.59 Å². The van der Waals surface area contributed by atoms with Crippen LogP contribution in [0.1, 0.15) is 0 Å². The topological polar surface area (TPSA) is 43.4 Å². The third-order valence-electron chi connectivity index (χ3n) is 0.557. The number of rotatable bonds is 0. The monoisotopic (exact) mass is 192 g/mol. The SMILES string of the molecule is O=C1C=CC(=O)O1.[Cl-].[Cl-].[Mg+2]. The third kappa shape index (κ3) is 5.05. The van der Waals surface area contributed by atoms with Gasteiger partial charge in [0.15, 0.2) is 0 Å². The van der Waals surface area contributed by atoms with Crippen molar-refractivity contribution in [2.24, 2.45) is 0 Å². The zero-order chi connectivity index (χ0) is 5.28. The molecule has 0 amide bonds. The Morgan fingerprint density at radius 2 is 1.30 bits per heavy atom. The average Bonchev–Trinajstić information content (AvgIpc) is 1.87. The predicted octanol–water partition coefficient (Wildman–Crippen LogP) is -6.75. The van der Waals surface area contributed by atoms with Gasteiger partial charge in [-0.15, -0.1) is 0 Å². The van der Waals surface area contributed by atoms with E-state index >= 15 is 0 Å². The second-order valence-corrected chi connectivity index (χ2v) is 1.07. The predicted molar refractivity (Wildman–Crippen MR) is 26.0 cm³/mol. The molecule has 0 saturated heterocycles. The first-order valence-corrected chi connectivity index (χ1v) is 1.73. The molecular weight excluding hydrogens is 191 g/mol. The van der Waals surface area contributed by atoms with Gasteiger partial charge in [0.2, 0.25) is 0 Å². The number of hydrogen-bond donors (Lipinski definition) is 0. The summed E-state index contributed by atoms with van der Waals surface area (Å²) in [6.45, 7) is 0. The molecule has 52 valence electrons. The molecule has 0 aromatic carbocycles. The fourth-order valence-corrected chi connectivity index (χ4v) is 0.303. The van der Waals surface area contributed by atoms with Gasteiger partial charge in [0.05, 0.1) is 0 Å². The Bertz CT molecular complexity index is 141. The van der Waals surface area contributed by atoms with E-state index in [1.165, 1.54) is 0 Å². The smallest absolute Gasteiger partial charge is 1.00 e. The van der Waals surface area contributed by atoms with Gasteiger partial charge in [-0.3, -0.25) is 0 Å². The molecule has 10 heavy (non-hydrogen) atoms. The van der Waals surface area contributed by atoms with Crippen molar-refractivity contribution in [1.29, 1.82) is 0 Å². The van der Waals surface area contributed by atoms with Crippen LogP contribution < -0.4 is 24.8 Å². The van der Waals surface area contributed by atoms with Crippen molar-refractivity contribution < 1.29 is 39.1 Å². The van der Waals surface area contributed by atoms with E-state index in [0.717, 1.165) is 12.2 Å². The quantitative estimate of drug-likeness (QED) is 0.218. The summed E-state index contributed by atoms with van der Waals surface area (Å²) in [7, 11) is 0. The van der Waals surface area contributed by atoms with Crippen molar-refractivity contribution in [3.05, 3.63) is 12.2 Å². The van der Waals surface area contributed by atoms with Gasteiger partial charge in [0, 0.05) is 12.2 Å². The molecule has 0 bridgehead atoms. The molecule has 0 N–H and O–H groups in total. The van der Waals surface area contributed by atoms with E-state index < -0.39 is 11.9 Å². The summed E-state index contributed by atoms with van der Waals surface area (Å²) in [6, 6.07) is 0. The van der Waals surface area contributed by atoms with Crippen LogP contribution in [0.15, 0.2) is 12.2 Å². The molecule has 1 heterocycles. The minimum Gasteiger partial charge on any atom is -1.00 e. The summed E-state index contributed by atoms with van der Waals surface area (Å²) in [4.78, 5) is 19.8. The molecule has 6 heteroatoms. The minimum absolute atomic E-state index is 0. The molecule has 0 fully saturated rings. The summed E-state index contributed by atoms with van der Waals surface area (Å²) < 4.78 is 3.97. The van der Waals surface area contributed by atoms with Crippen LogP contribution in [0.3, 0.4) is 0 Å². The summed E-state index contributed by atoms with van der Waals surface area (Å²) in [6.07, 6.45) is 2.17. The van der Waals surface area contributed by atoms with Crippen molar-refractivity contribution in [2.75, 3.05) is 0 Å². The van der Waals surface area contributed by atoms with Gasteiger partial charge in [0.25, 0.3) is 0 Å². The zero-order valence-corrected chi connectivity index (χ0v) is 7.77. The van der Waals surface area contributed by atoms with Gasteiger partial charge in [-0.1, -0.05) is 0 Å². The maximum absolute atomic E-state index is 9.92. The standard InChI is InChI=1S/C4H2O3.2ClH.Mg/c5-3-1-2-4(6)7-3;;;/h1-2H;2*1H;/q;;;+2/p-2. The largest absolute Gasteiger partial charge is 2.00 e. The van der Waals surface area contributed by atoms with Gasteiger partial charge in [0.1, 0.15) is 0 Å². The van der Waals surface area contributed by atoms with E-state index in [1.54, 1.807) is 0 Å². The van der Waals surface area contributed by atoms with Gasteiger partial charge in [-0.05, 0) is 0 Å². The molecule has 0 atom stereocenters. The Labute approximate surface area is 86.2 Å². The Hall–Kier alpha value is 0.226. The zero-order valence-electron chi connectivity index (χ0n) is 4.84. The molecule has 1 rings (SSSR count). The van der Waals surface area contributed by atoms with Crippen LogP contribution in [-0.4, -0.2) is 35.0 Å². The van der Waals surface area contributed by atoms with Crippen LogP contribution in [-0.2, 0) is 14.3 Å². The van der Waals surface area contributed by atoms with Gasteiger partial charge < -0.3 is 29.6 Å². The number of carbonyl (C=O) groups is 2. The summed E-state index contributed by atoms with van der Waals surface area (Å²) in [5.74, 6) is -1.16. The molecular formula is C4H2Cl2MgO3. The Morgan fingerprint density at radius 3 is 1.40 bits per heavy atom. The van der Waals surface area contributed by atoms with Crippen molar-refractivity contribution >= 4 is 35.0 Å². The normalized spacial score (nSPS) is 12.4. The minimum atomic E-state index is -0.579. The molecule has 1 aliphatic heterocycles. The maximum Gasteiger partial charge on any atom is 2.00 e. The van der Waals surface area contributed by atoms with Crippen molar-refractivity contribution in [2.45, 2.75) is 0 Å². The van der Waals surface area contributed by atoms with Crippen LogP contribution >= 0.6 is 0 Å². The fourth-order valence-electron chi connectivity index (χ4n) is 0.303. The van der Waals surface area contributed by atoms with Crippen LogP contribution in [0.4, 0.5) is 0 Å². The van der Waals surface area contributed by atoms with Crippen LogP contribution in [0.25, 0.3) is 0 Å². The molecule has 0 unspecified atom stereocenters. The van der Waals surface area contributed by atoms with Gasteiger partial charge >= 0.3 is 35.0 Å². The van der Waals surface area contributed by atoms with E-state index in [2.05, 4.69) is 4.74 Å². The number of halogens is 2. The number of cyclic esters (lactones) is 2. The van der Waals surface area contributed by atoms with Crippen molar-refractivity contribution in [1.82, 2.24) is 0 Å². The van der Waals surface area contributed by atoms with Crippen LogP contribution in [0.2, 0.25) is 0 Å². The molecule has 3 nitrogen and oxygen atoms in total. The van der Waals surface area contributed by atoms with Gasteiger partial charge in [-0.2, -0.15) is 0 Å². The van der Waals surface area contributed by atoms with E-state index in [-0.39, 0.29) is 47.9 Å². The number of hydrogen-bond acceptors (Lipinski definition) is 3. The third-order valence-corrected chi connectivity index (χ3v) is 0.557. The first-order chi connectivity index (χ1) is 3.29. The molecule has 0 aromatic rings. The van der Waals surface area contributed by atoms with Crippen LogP contribution in [0, 0.1) is 0 Å². The van der Waals surface area contributed by atoms with E-state index in [4.69, 9.17) is 0 Å². The first kappa shape index (κ1) is 16.7. The molecule has 0 aromatic heterocycles. The second-order valence-electron chi connectivity index (χ2n) is 1.07. The van der Waals surface area contributed by atoms with E-state index in [1.807, 2.05) is 0 Å². The number of esters is 2. The number of carbonyl (C=O) groups excluding carboxylic acids is 2. The average molecular weight is 193 g/mol. The Balaban J connectivity index is -0.000000163.